The first-order valence-corrected chi connectivity index (χ1v) is 21.2. The van der Waals surface area contributed by atoms with Crippen molar-refractivity contribution in [3.8, 4) is 5.75 Å². The molecule has 3 aromatic rings. The SMILES string of the molecule is Cc1cc(C)c(N2[CH-]N(c3c(C)cc(C)cc3C)CC2)c(C)c1.[CH2-][O+](c1ccc(CC(=O)OCC(C)C)cc1[CH]=[Ru]([Cl])[Cl])C(C)C. The van der Waals surface area contributed by atoms with Crippen LogP contribution in [0, 0.1) is 61.2 Å². The number of aryl methyl sites for hydroxylation is 6. The molecule has 0 N–H and O–H groups in total. The summed E-state index contributed by atoms with van der Waals surface area (Å²) < 4.78 is 9.88. The number of esters is 1. The van der Waals surface area contributed by atoms with Gasteiger partial charge in [0.15, 0.2) is 0 Å². The zero-order valence-corrected chi connectivity index (χ0v) is 32.4. The van der Waals surface area contributed by atoms with Crippen molar-refractivity contribution in [2.75, 3.05) is 29.5 Å². The third-order valence-electron chi connectivity index (χ3n) is 7.74. The van der Waals surface area contributed by atoms with Crippen molar-refractivity contribution in [1.82, 2.24) is 0 Å². The molecule has 0 radical (unpaired) electrons. The zero-order chi connectivity index (χ0) is 34.3. The second-order valence-electron chi connectivity index (χ2n) is 12.9. The topological polar surface area (TPSA) is 35.5 Å². The van der Waals surface area contributed by atoms with Crippen molar-refractivity contribution in [1.29, 1.82) is 0 Å². The Balaban J connectivity index is 0.000000250. The number of ether oxygens (including phenoxy) is 1. The van der Waals surface area contributed by atoms with E-state index in [1.807, 2.05) is 50.5 Å². The molecule has 0 aliphatic carbocycles. The summed E-state index contributed by atoms with van der Waals surface area (Å²) in [6.45, 7) is 26.1. The predicted octanol–water partition coefficient (Wildman–Crippen LogP) is 9.95. The van der Waals surface area contributed by atoms with E-state index in [2.05, 4.69) is 93.8 Å². The summed E-state index contributed by atoms with van der Waals surface area (Å²) in [4.78, 5) is 16.7. The van der Waals surface area contributed by atoms with Crippen LogP contribution in [-0.4, -0.2) is 36.4 Å². The van der Waals surface area contributed by atoms with Gasteiger partial charge in [0.1, 0.15) is 0 Å². The van der Waals surface area contributed by atoms with E-state index in [0.29, 0.717) is 12.5 Å². The maximum absolute atomic E-state index is 11.9. The van der Waals surface area contributed by atoms with E-state index in [1.165, 1.54) is 44.8 Å². The Labute approximate surface area is 291 Å². The molecule has 1 aliphatic rings. The second kappa shape index (κ2) is 17.1. The van der Waals surface area contributed by atoms with E-state index < -0.39 is 13.5 Å². The quantitative estimate of drug-likeness (QED) is 0.0944. The van der Waals surface area contributed by atoms with E-state index >= 15 is 0 Å². The number of hydrogen-bond donors (Lipinski definition) is 0. The van der Waals surface area contributed by atoms with Gasteiger partial charge in [0.05, 0.1) is 0 Å². The molecule has 4 rings (SSSR count). The number of hydrogen-bond acceptors (Lipinski definition) is 4. The normalized spacial score (nSPS) is 13.2. The summed E-state index contributed by atoms with van der Waals surface area (Å²) in [6, 6.07) is 14.9. The summed E-state index contributed by atoms with van der Waals surface area (Å²) in [7, 11) is 16.0. The minimum absolute atomic E-state index is 0.162. The number of nitrogens with zero attached hydrogens (tertiary/aromatic N) is 2. The van der Waals surface area contributed by atoms with Crippen LogP contribution in [0.25, 0.3) is 0 Å². The van der Waals surface area contributed by atoms with Crippen molar-refractivity contribution in [2.24, 2.45) is 5.92 Å². The third-order valence-corrected chi connectivity index (χ3v) is 9.58. The Morgan fingerprint density at radius 3 is 1.78 bits per heavy atom. The van der Waals surface area contributed by atoms with Crippen LogP contribution >= 0.6 is 19.4 Å². The fourth-order valence-corrected chi connectivity index (χ4v) is 7.71. The van der Waals surface area contributed by atoms with Crippen molar-refractivity contribution in [3.63, 3.8) is 0 Å². The number of benzene rings is 3. The summed E-state index contributed by atoms with van der Waals surface area (Å²) in [5.74, 6) is 0.970. The van der Waals surface area contributed by atoms with Gasteiger partial charge < -0.3 is 9.80 Å². The van der Waals surface area contributed by atoms with Crippen molar-refractivity contribution < 1.29 is 27.4 Å². The van der Waals surface area contributed by atoms with Gasteiger partial charge in [-0.1, -0.05) is 35.4 Å². The molecule has 8 heteroatoms. The molecule has 0 aromatic heterocycles. The summed E-state index contributed by atoms with van der Waals surface area (Å²) in [5.41, 5.74) is 12.6. The molecule has 1 fully saturated rings. The summed E-state index contributed by atoms with van der Waals surface area (Å²) in [5, 5.41) is 0. The number of anilines is 2. The molecule has 46 heavy (non-hydrogen) atoms. The number of halogens is 2. The summed E-state index contributed by atoms with van der Waals surface area (Å²) in [6.07, 6.45) is 0.393. The molecule has 5 nitrogen and oxygen atoms in total. The molecule has 0 unspecified atom stereocenters. The van der Waals surface area contributed by atoms with Crippen LogP contribution in [0.1, 0.15) is 72.2 Å². The molecule has 1 aliphatic heterocycles. The van der Waals surface area contributed by atoms with E-state index in [4.69, 9.17) is 24.1 Å². The van der Waals surface area contributed by atoms with Crippen LogP contribution in [0.4, 0.5) is 11.4 Å². The fourth-order valence-electron chi connectivity index (χ4n) is 5.93. The molecular formula is C38H51Cl2N2O3Ru-. The second-order valence-corrected chi connectivity index (χ2v) is 18.6. The van der Waals surface area contributed by atoms with Crippen LogP contribution in [0.5, 0.6) is 5.75 Å². The van der Waals surface area contributed by atoms with Crippen molar-refractivity contribution in [2.45, 2.75) is 81.8 Å². The first-order valence-electron chi connectivity index (χ1n) is 15.8. The molecule has 3 aromatic carbocycles. The average molecular weight is 756 g/mol. The molecule has 254 valence electrons. The van der Waals surface area contributed by atoms with Gasteiger partial charge in [0.25, 0.3) is 0 Å². The van der Waals surface area contributed by atoms with Crippen LogP contribution in [0.2, 0.25) is 0 Å². The first-order chi connectivity index (χ1) is 21.6. The Bertz CT molecular complexity index is 1440. The standard InChI is InChI=1S/C21H27N2.C17H24O3.2ClH.Ru/c1-14-9-16(3)20(17(4)10-14)22-7-8-23(13-22)21-18(5)11-15(2)12-19(21)6;1-12(2)11-19-17(18)10-15-7-8-16(14(5)9-15)20(6)13(3)4;;;/h9-13H,7-8H2,1-6H3;5,7-9,12-13H,6,10-11H2,1-4H3;2*1H;/q-1;;;;+2/p-2. The molecule has 0 atom stereocenters. The van der Waals surface area contributed by atoms with Gasteiger partial charge in [-0.2, -0.15) is 6.67 Å². The van der Waals surface area contributed by atoms with Gasteiger partial charge in [-0.05, 0) is 63.8 Å². The first kappa shape index (κ1) is 38.1. The molecular weight excluding hydrogens is 704 g/mol. The van der Waals surface area contributed by atoms with Crippen LogP contribution in [-0.2, 0) is 33.8 Å². The average Bonchev–Trinajstić information content (AvgIpc) is 3.39. The van der Waals surface area contributed by atoms with Gasteiger partial charge in [-0.3, -0.25) is 0 Å². The van der Waals surface area contributed by atoms with Crippen molar-refractivity contribution >= 4 is 41.3 Å². The Morgan fingerprint density at radius 2 is 1.37 bits per heavy atom. The van der Waals surface area contributed by atoms with E-state index in [9.17, 15) is 4.79 Å². The van der Waals surface area contributed by atoms with Gasteiger partial charge in [0.2, 0.25) is 0 Å². The Morgan fingerprint density at radius 1 is 0.891 bits per heavy atom. The van der Waals surface area contributed by atoms with Gasteiger partial charge in [-0.15, -0.1) is 0 Å². The minimum atomic E-state index is -1.99. The van der Waals surface area contributed by atoms with Gasteiger partial charge >= 0.3 is 152 Å². The van der Waals surface area contributed by atoms with Gasteiger partial charge in [-0.25, -0.2) is 0 Å². The molecule has 0 spiro atoms. The fraction of sp³-hybridized carbons (Fsp3) is 0.421. The number of rotatable bonds is 9. The Hall–Kier alpha value is -2.40. The summed E-state index contributed by atoms with van der Waals surface area (Å²) >= 11 is -1.99. The van der Waals surface area contributed by atoms with Crippen LogP contribution in [0.15, 0.2) is 42.5 Å². The monoisotopic (exact) mass is 755 g/mol. The molecule has 0 bridgehead atoms. The van der Waals surface area contributed by atoms with Crippen LogP contribution in [0.3, 0.4) is 0 Å². The third kappa shape index (κ3) is 10.6. The number of carbonyl (C=O) groups excluding carboxylic acids is 1. The predicted molar refractivity (Wildman–Crippen MR) is 194 cm³/mol. The Kier molecular flexibility index (Phi) is 14.2. The van der Waals surface area contributed by atoms with Gasteiger partial charge in [0, 0.05) is 24.5 Å². The molecule has 1 heterocycles. The maximum atomic E-state index is 11.9. The van der Waals surface area contributed by atoms with Crippen molar-refractivity contribution in [3.05, 3.63) is 101 Å². The van der Waals surface area contributed by atoms with E-state index in [1.54, 1.807) is 0 Å². The molecule has 0 amide bonds. The van der Waals surface area contributed by atoms with E-state index in [-0.39, 0.29) is 18.5 Å². The molecule has 0 saturated carbocycles. The van der Waals surface area contributed by atoms with E-state index in [0.717, 1.165) is 30.0 Å². The number of carbonyl (C=O) groups is 1. The molecule has 1 saturated heterocycles. The zero-order valence-electron chi connectivity index (χ0n) is 29.1. The van der Waals surface area contributed by atoms with Crippen LogP contribution < -0.4 is 9.80 Å².